The van der Waals surface area contributed by atoms with Gasteiger partial charge in [-0.05, 0) is 12.5 Å². The molecular formula is C17H29ClN2O2. The Morgan fingerprint density at radius 2 is 1.86 bits per heavy atom. The van der Waals surface area contributed by atoms with Crippen LogP contribution in [0, 0.1) is 6.92 Å². The fourth-order valence-electron chi connectivity index (χ4n) is 2.28. The number of methoxy groups -OCH3 is 1. The van der Waals surface area contributed by atoms with Crippen LogP contribution in [-0.2, 0) is 14.9 Å². The first-order valence-electron chi connectivity index (χ1n) is 7.37. The molecule has 0 aromatic heterocycles. The summed E-state index contributed by atoms with van der Waals surface area (Å²) >= 11 is 0. The summed E-state index contributed by atoms with van der Waals surface area (Å²) in [5.74, 6) is 0.103. The lowest BCUT2D eigenvalue weighted by Crippen LogP contribution is -2.42. The minimum absolute atomic E-state index is 0. The van der Waals surface area contributed by atoms with Gasteiger partial charge in [-0.15, -0.1) is 12.4 Å². The maximum absolute atomic E-state index is 12.1. The van der Waals surface area contributed by atoms with Crippen LogP contribution in [0.1, 0.15) is 25.0 Å². The molecule has 0 heterocycles. The first kappa shape index (κ1) is 20.9. The minimum atomic E-state index is -0.0648. The summed E-state index contributed by atoms with van der Waals surface area (Å²) in [6, 6.07) is 8.52. The SMILES string of the molecule is COCCNCC(=O)N(C)CC(C)(C)c1ccc(C)cc1.Cl. The molecule has 0 radical (unpaired) electrons. The van der Waals surface area contributed by atoms with Gasteiger partial charge in [0.1, 0.15) is 0 Å². The predicted molar refractivity (Wildman–Crippen MR) is 93.8 cm³/mol. The quantitative estimate of drug-likeness (QED) is 0.745. The Kier molecular flexibility index (Phi) is 9.33. The third-order valence-electron chi connectivity index (χ3n) is 3.65. The Hall–Kier alpha value is -1.10. The lowest BCUT2D eigenvalue weighted by molar-refractivity contribution is -0.129. The normalized spacial score (nSPS) is 11.0. The summed E-state index contributed by atoms with van der Waals surface area (Å²) in [5, 5.41) is 3.08. The molecule has 126 valence electrons. The van der Waals surface area contributed by atoms with Crippen LogP contribution in [-0.4, -0.2) is 51.2 Å². The summed E-state index contributed by atoms with van der Waals surface area (Å²) in [5.41, 5.74) is 2.44. The summed E-state index contributed by atoms with van der Waals surface area (Å²) < 4.78 is 4.94. The molecule has 4 nitrogen and oxygen atoms in total. The van der Waals surface area contributed by atoms with E-state index in [-0.39, 0.29) is 23.7 Å². The highest BCUT2D eigenvalue weighted by molar-refractivity contribution is 5.85. The predicted octanol–water partition coefficient (Wildman–Crippen LogP) is 2.39. The van der Waals surface area contributed by atoms with Crippen LogP contribution in [0.15, 0.2) is 24.3 Å². The Morgan fingerprint density at radius 1 is 1.27 bits per heavy atom. The number of aryl methyl sites for hydroxylation is 1. The van der Waals surface area contributed by atoms with Crippen molar-refractivity contribution in [2.24, 2.45) is 0 Å². The number of rotatable bonds is 8. The summed E-state index contributed by atoms with van der Waals surface area (Å²) in [7, 11) is 3.51. The number of nitrogens with one attached hydrogen (secondary N) is 1. The summed E-state index contributed by atoms with van der Waals surface area (Å²) in [6.07, 6.45) is 0. The third kappa shape index (κ3) is 6.77. The highest BCUT2D eigenvalue weighted by atomic mass is 35.5. The van der Waals surface area contributed by atoms with E-state index in [4.69, 9.17) is 4.74 Å². The van der Waals surface area contributed by atoms with Crippen molar-refractivity contribution in [3.63, 3.8) is 0 Å². The lowest BCUT2D eigenvalue weighted by atomic mass is 9.84. The second kappa shape index (κ2) is 9.82. The number of carbonyl (C=O) groups is 1. The second-order valence-corrected chi connectivity index (χ2v) is 6.17. The number of nitrogens with zero attached hydrogens (tertiary/aromatic N) is 1. The van der Waals surface area contributed by atoms with E-state index in [1.165, 1.54) is 11.1 Å². The van der Waals surface area contributed by atoms with Crippen LogP contribution in [0.4, 0.5) is 0 Å². The maximum Gasteiger partial charge on any atom is 0.236 e. The third-order valence-corrected chi connectivity index (χ3v) is 3.65. The highest BCUT2D eigenvalue weighted by Gasteiger charge is 2.24. The van der Waals surface area contributed by atoms with Crippen LogP contribution in [0.5, 0.6) is 0 Å². The second-order valence-electron chi connectivity index (χ2n) is 6.17. The van der Waals surface area contributed by atoms with E-state index in [0.29, 0.717) is 26.2 Å². The molecule has 0 saturated heterocycles. The van der Waals surface area contributed by atoms with Gasteiger partial charge >= 0.3 is 0 Å². The van der Waals surface area contributed by atoms with Crippen LogP contribution in [0.25, 0.3) is 0 Å². The van der Waals surface area contributed by atoms with Gasteiger partial charge in [-0.1, -0.05) is 43.7 Å². The zero-order chi connectivity index (χ0) is 15.9. The molecule has 0 aliphatic heterocycles. The number of hydrogen-bond acceptors (Lipinski definition) is 3. The average molecular weight is 329 g/mol. The Balaban J connectivity index is 0.00000441. The van der Waals surface area contributed by atoms with E-state index < -0.39 is 0 Å². The van der Waals surface area contributed by atoms with Crippen LogP contribution >= 0.6 is 12.4 Å². The van der Waals surface area contributed by atoms with Crippen molar-refractivity contribution in [1.29, 1.82) is 0 Å². The molecule has 0 atom stereocenters. The van der Waals surface area contributed by atoms with E-state index >= 15 is 0 Å². The zero-order valence-corrected chi connectivity index (χ0v) is 15.1. The van der Waals surface area contributed by atoms with Gasteiger partial charge in [0.15, 0.2) is 0 Å². The highest BCUT2D eigenvalue weighted by Crippen LogP contribution is 2.24. The molecule has 0 aliphatic rings. The van der Waals surface area contributed by atoms with Gasteiger partial charge in [0.25, 0.3) is 0 Å². The molecule has 0 saturated carbocycles. The first-order chi connectivity index (χ1) is 9.86. The van der Waals surface area contributed by atoms with E-state index in [2.05, 4.69) is 50.4 Å². The van der Waals surface area contributed by atoms with Gasteiger partial charge in [-0.3, -0.25) is 4.79 Å². The molecule has 1 aromatic carbocycles. The Labute approximate surface area is 140 Å². The standard InChI is InChI=1S/C17H28N2O2.ClH/c1-14-6-8-15(9-7-14)17(2,3)13-19(4)16(20)12-18-10-11-21-5;/h6-9,18H,10-13H2,1-5H3;1H. The van der Waals surface area contributed by atoms with E-state index in [1.54, 1.807) is 12.0 Å². The number of ether oxygens (including phenoxy) is 1. The topological polar surface area (TPSA) is 41.6 Å². The summed E-state index contributed by atoms with van der Waals surface area (Å²) in [4.78, 5) is 13.9. The number of hydrogen-bond donors (Lipinski definition) is 1. The number of amides is 1. The molecule has 0 bridgehead atoms. The van der Waals surface area contributed by atoms with Crippen molar-refractivity contribution in [1.82, 2.24) is 10.2 Å². The molecule has 1 rings (SSSR count). The van der Waals surface area contributed by atoms with Gasteiger partial charge in [-0.2, -0.15) is 0 Å². The largest absolute Gasteiger partial charge is 0.383 e. The molecule has 0 fully saturated rings. The average Bonchev–Trinajstić information content (AvgIpc) is 2.43. The van der Waals surface area contributed by atoms with Crippen molar-refractivity contribution in [3.8, 4) is 0 Å². The fourth-order valence-corrected chi connectivity index (χ4v) is 2.28. The number of benzene rings is 1. The smallest absolute Gasteiger partial charge is 0.236 e. The number of halogens is 1. The zero-order valence-electron chi connectivity index (χ0n) is 14.3. The van der Waals surface area contributed by atoms with E-state index in [9.17, 15) is 4.79 Å². The van der Waals surface area contributed by atoms with Crippen molar-refractivity contribution in [2.75, 3.05) is 40.4 Å². The minimum Gasteiger partial charge on any atom is -0.383 e. The lowest BCUT2D eigenvalue weighted by Gasteiger charge is -2.31. The molecule has 5 heteroatoms. The Morgan fingerprint density at radius 3 is 2.41 bits per heavy atom. The van der Waals surface area contributed by atoms with E-state index in [0.717, 1.165) is 0 Å². The Bertz CT molecular complexity index is 446. The van der Waals surface area contributed by atoms with Gasteiger partial charge in [-0.25, -0.2) is 0 Å². The van der Waals surface area contributed by atoms with Crippen molar-refractivity contribution in [3.05, 3.63) is 35.4 Å². The van der Waals surface area contributed by atoms with Crippen molar-refractivity contribution >= 4 is 18.3 Å². The molecule has 0 aliphatic carbocycles. The van der Waals surface area contributed by atoms with Gasteiger partial charge in [0.05, 0.1) is 13.2 Å². The maximum atomic E-state index is 12.1. The van der Waals surface area contributed by atoms with E-state index in [1.807, 2.05) is 7.05 Å². The molecule has 1 amide bonds. The monoisotopic (exact) mass is 328 g/mol. The molecule has 0 spiro atoms. The van der Waals surface area contributed by atoms with Crippen LogP contribution < -0.4 is 5.32 Å². The fraction of sp³-hybridized carbons (Fsp3) is 0.588. The molecule has 0 unspecified atom stereocenters. The van der Waals surface area contributed by atoms with Gasteiger partial charge in [0, 0.05) is 32.7 Å². The molecule has 22 heavy (non-hydrogen) atoms. The molecular weight excluding hydrogens is 300 g/mol. The van der Waals surface area contributed by atoms with Crippen LogP contribution in [0.3, 0.4) is 0 Å². The molecule has 1 N–H and O–H groups in total. The number of likely N-dealkylation sites (N-methyl/N-ethyl adjacent to an activating group) is 1. The number of carbonyl (C=O) groups excluding carboxylic acids is 1. The first-order valence-corrected chi connectivity index (χ1v) is 7.37. The van der Waals surface area contributed by atoms with Gasteiger partial charge in [0.2, 0.25) is 5.91 Å². The van der Waals surface area contributed by atoms with Crippen molar-refractivity contribution in [2.45, 2.75) is 26.2 Å². The molecule has 1 aromatic rings. The van der Waals surface area contributed by atoms with Crippen molar-refractivity contribution < 1.29 is 9.53 Å². The van der Waals surface area contributed by atoms with Crippen LogP contribution in [0.2, 0.25) is 0 Å². The van der Waals surface area contributed by atoms with Gasteiger partial charge < -0.3 is 15.0 Å². The summed E-state index contributed by atoms with van der Waals surface area (Å²) in [6.45, 7) is 8.77.